The summed E-state index contributed by atoms with van der Waals surface area (Å²) in [5.74, 6) is 0.277. The van der Waals surface area contributed by atoms with Crippen LogP contribution in [-0.2, 0) is 13.0 Å². The minimum absolute atomic E-state index is 0.219. The Kier molecular flexibility index (Phi) is 5.20. The lowest BCUT2D eigenvalue weighted by atomic mass is 10.1. The zero-order chi connectivity index (χ0) is 20.2. The molecule has 0 fully saturated rings. The van der Waals surface area contributed by atoms with E-state index in [1.165, 1.54) is 5.56 Å². The SMILES string of the molecule is CCc1c(C(=O)Nc2ccn(Cc3ccccn3)n2)cnn1-c1ccc(C)cc1. The van der Waals surface area contributed by atoms with Gasteiger partial charge >= 0.3 is 0 Å². The van der Waals surface area contributed by atoms with Crippen molar-refractivity contribution in [2.75, 3.05) is 5.32 Å². The van der Waals surface area contributed by atoms with E-state index in [0.717, 1.165) is 17.1 Å². The second-order valence-corrected chi connectivity index (χ2v) is 6.78. The van der Waals surface area contributed by atoms with Gasteiger partial charge in [0, 0.05) is 18.5 Å². The van der Waals surface area contributed by atoms with Crippen molar-refractivity contribution in [1.29, 1.82) is 0 Å². The quantitative estimate of drug-likeness (QED) is 0.549. The van der Waals surface area contributed by atoms with Crippen LogP contribution < -0.4 is 5.32 Å². The fraction of sp³-hybridized carbons (Fsp3) is 0.182. The molecule has 3 aromatic heterocycles. The fourth-order valence-electron chi connectivity index (χ4n) is 3.17. The molecule has 0 unspecified atom stereocenters. The van der Waals surface area contributed by atoms with Crippen molar-refractivity contribution in [2.24, 2.45) is 0 Å². The van der Waals surface area contributed by atoms with Crippen LogP contribution in [0.5, 0.6) is 0 Å². The van der Waals surface area contributed by atoms with Gasteiger partial charge in [-0.05, 0) is 37.6 Å². The smallest absolute Gasteiger partial charge is 0.260 e. The second-order valence-electron chi connectivity index (χ2n) is 6.78. The van der Waals surface area contributed by atoms with Crippen LogP contribution in [0, 0.1) is 6.92 Å². The number of pyridine rings is 1. The van der Waals surface area contributed by atoms with Crippen LogP contribution in [0.15, 0.2) is 67.1 Å². The number of anilines is 1. The first kappa shape index (κ1) is 18.6. The number of hydrogen-bond donors (Lipinski definition) is 1. The van der Waals surface area contributed by atoms with Gasteiger partial charge in [0.2, 0.25) is 0 Å². The summed E-state index contributed by atoms with van der Waals surface area (Å²) in [6.45, 7) is 4.60. The number of aromatic nitrogens is 5. The predicted molar refractivity (Wildman–Crippen MR) is 111 cm³/mol. The maximum Gasteiger partial charge on any atom is 0.260 e. The van der Waals surface area contributed by atoms with Gasteiger partial charge in [0.15, 0.2) is 5.82 Å². The van der Waals surface area contributed by atoms with Gasteiger partial charge in [0.25, 0.3) is 5.91 Å². The summed E-state index contributed by atoms with van der Waals surface area (Å²) >= 11 is 0. The van der Waals surface area contributed by atoms with E-state index < -0.39 is 0 Å². The molecule has 4 rings (SSSR count). The molecule has 1 N–H and O–H groups in total. The Labute approximate surface area is 169 Å². The summed E-state index contributed by atoms with van der Waals surface area (Å²) in [5.41, 5.74) is 4.43. The zero-order valence-corrected chi connectivity index (χ0v) is 16.4. The number of aryl methyl sites for hydroxylation is 1. The van der Waals surface area contributed by atoms with Crippen LogP contribution in [0.3, 0.4) is 0 Å². The van der Waals surface area contributed by atoms with Gasteiger partial charge in [0.05, 0.1) is 35.4 Å². The molecule has 3 heterocycles. The highest BCUT2D eigenvalue weighted by Gasteiger charge is 2.18. The second kappa shape index (κ2) is 8.10. The van der Waals surface area contributed by atoms with E-state index in [0.29, 0.717) is 24.3 Å². The van der Waals surface area contributed by atoms with Crippen molar-refractivity contribution in [2.45, 2.75) is 26.8 Å². The van der Waals surface area contributed by atoms with Gasteiger partial charge < -0.3 is 5.32 Å². The lowest BCUT2D eigenvalue weighted by molar-refractivity contribution is 0.102. The Morgan fingerprint density at radius 2 is 1.93 bits per heavy atom. The average molecular weight is 386 g/mol. The van der Waals surface area contributed by atoms with E-state index in [1.807, 2.05) is 67.2 Å². The van der Waals surface area contributed by atoms with Gasteiger partial charge in [-0.2, -0.15) is 10.2 Å². The number of rotatable bonds is 6. The van der Waals surface area contributed by atoms with Crippen LogP contribution >= 0.6 is 0 Å². The van der Waals surface area contributed by atoms with Crippen LogP contribution in [0.25, 0.3) is 5.69 Å². The molecule has 0 radical (unpaired) electrons. The van der Waals surface area contributed by atoms with Crippen LogP contribution in [-0.4, -0.2) is 30.5 Å². The van der Waals surface area contributed by atoms with Crippen molar-refractivity contribution in [3.05, 3.63) is 89.6 Å². The van der Waals surface area contributed by atoms with Crippen molar-refractivity contribution in [1.82, 2.24) is 24.5 Å². The van der Waals surface area contributed by atoms with Gasteiger partial charge in [0.1, 0.15) is 0 Å². The molecule has 1 amide bonds. The lowest BCUT2D eigenvalue weighted by Crippen LogP contribution is -2.15. The number of carbonyl (C=O) groups is 1. The highest BCUT2D eigenvalue weighted by Crippen LogP contribution is 2.18. The molecule has 0 aliphatic rings. The molecule has 146 valence electrons. The molecular formula is C22H22N6O. The summed E-state index contributed by atoms with van der Waals surface area (Å²) in [7, 11) is 0. The van der Waals surface area contributed by atoms with Gasteiger partial charge in [-0.1, -0.05) is 30.7 Å². The Morgan fingerprint density at radius 1 is 1.10 bits per heavy atom. The van der Waals surface area contributed by atoms with Crippen molar-refractivity contribution >= 4 is 11.7 Å². The van der Waals surface area contributed by atoms with Crippen molar-refractivity contribution in [3.8, 4) is 5.69 Å². The molecule has 29 heavy (non-hydrogen) atoms. The van der Waals surface area contributed by atoms with E-state index >= 15 is 0 Å². The molecular weight excluding hydrogens is 364 g/mol. The maximum atomic E-state index is 12.8. The summed E-state index contributed by atoms with van der Waals surface area (Å²) in [5, 5.41) is 11.7. The largest absolute Gasteiger partial charge is 0.305 e. The summed E-state index contributed by atoms with van der Waals surface area (Å²) in [6.07, 6.45) is 5.86. The Balaban J connectivity index is 1.51. The molecule has 0 aliphatic heterocycles. The molecule has 7 nitrogen and oxygen atoms in total. The summed E-state index contributed by atoms with van der Waals surface area (Å²) in [4.78, 5) is 17.1. The molecule has 0 atom stereocenters. The van der Waals surface area contributed by atoms with E-state index in [4.69, 9.17) is 0 Å². The highest BCUT2D eigenvalue weighted by molar-refractivity contribution is 6.04. The number of hydrogen-bond acceptors (Lipinski definition) is 4. The number of benzene rings is 1. The molecule has 0 bridgehead atoms. The van der Waals surface area contributed by atoms with Gasteiger partial charge in [-0.15, -0.1) is 0 Å². The molecule has 0 aliphatic carbocycles. The standard InChI is InChI=1S/C22H22N6O/c1-3-20-19(14-24-28(20)18-9-7-16(2)8-10-18)22(29)25-21-11-13-27(26-21)15-17-6-4-5-12-23-17/h4-14H,3,15H2,1-2H3,(H,25,26,29). The molecule has 0 saturated carbocycles. The first-order valence-electron chi connectivity index (χ1n) is 9.52. The van der Waals surface area contributed by atoms with Crippen molar-refractivity contribution in [3.63, 3.8) is 0 Å². The third-order valence-electron chi connectivity index (χ3n) is 4.66. The molecule has 0 saturated heterocycles. The number of amides is 1. The zero-order valence-electron chi connectivity index (χ0n) is 16.4. The van der Waals surface area contributed by atoms with E-state index in [9.17, 15) is 4.79 Å². The van der Waals surface area contributed by atoms with Crippen LogP contribution in [0.2, 0.25) is 0 Å². The Bertz CT molecular complexity index is 1110. The number of nitrogens with one attached hydrogen (secondary N) is 1. The van der Waals surface area contributed by atoms with Crippen molar-refractivity contribution < 1.29 is 4.79 Å². The topological polar surface area (TPSA) is 77.6 Å². The van der Waals surface area contributed by atoms with Crippen LogP contribution in [0.1, 0.15) is 34.2 Å². The van der Waals surface area contributed by atoms with Gasteiger partial charge in [-0.25, -0.2) is 4.68 Å². The van der Waals surface area contributed by atoms with Gasteiger partial charge in [-0.3, -0.25) is 14.5 Å². The first-order chi connectivity index (χ1) is 14.1. The predicted octanol–water partition coefficient (Wildman–Crippen LogP) is 3.64. The Hall–Kier alpha value is -3.74. The summed E-state index contributed by atoms with van der Waals surface area (Å²) in [6, 6.07) is 15.6. The third kappa shape index (κ3) is 4.08. The number of carbonyl (C=O) groups excluding carboxylic acids is 1. The minimum Gasteiger partial charge on any atom is -0.305 e. The van der Waals surface area contributed by atoms with Crippen LogP contribution in [0.4, 0.5) is 5.82 Å². The average Bonchev–Trinajstić information content (AvgIpc) is 3.36. The monoisotopic (exact) mass is 386 g/mol. The third-order valence-corrected chi connectivity index (χ3v) is 4.66. The normalized spacial score (nSPS) is 10.8. The van der Waals surface area contributed by atoms with E-state index in [2.05, 4.69) is 20.5 Å². The number of nitrogens with zero attached hydrogens (tertiary/aromatic N) is 5. The summed E-state index contributed by atoms with van der Waals surface area (Å²) < 4.78 is 3.56. The molecule has 4 aromatic rings. The molecule has 1 aromatic carbocycles. The minimum atomic E-state index is -0.219. The molecule has 0 spiro atoms. The lowest BCUT2D eigenvalue weighted by Gasteiger charge is -2.08. The Morgan fingerprint density at radius 3 is 2.66 bits per heavy atom. The fourth-order valence-corrected chi connectivity index (χ4v) is 3.17. The highest BCUT2D eigenvalue weighted by atomic mass is 16.1. The van der Waals surface area contributed by atoms with E-state index in [1.54, 1.807) is 23.1 Å². The maximum absolute atomic E-state index is 12.8. The van der Waals surface area contributed by atoms with E-state index in [-0.39, 0.29) is 5.91 Å². The first-order valence-corrected chi connectivity index (χ1v) is 9.52. The molecule has 7 heteroatoms.